The molecule has 0 aliphatic carbocycles. The number of aliphatic hydroxyl groups is 1. The van der Waals surface area contributed by atoms with Crippen LogP contribution in [-0.4, -0.2) is 46.7 Å². The molecule has 5 nitrogen and oxygen atoms in total. The molecule has 0 spiro atoms. The lowest BCUT2D eigenvalue weighted by Gasteiger charge is -2.26. The van der Waals surface area contributed by atoms with E-state index in [0.29, 0.717) is 23.7 Å². The fourth-order valence-corrected chi connectivity index (χ4v) is 1.99. The molecule has 0 aliphatic rings. The summed E-state index contributed by atoms with van der Waals surface area (Å²) in [4.78, 5) is 14.1. The molecule has 0 bridgehead atoms. The molecule has 0 unspecified atom stereocenters. The predicted molar refractivity (Wildman–Crippen MR) is 86.4 cm³/mol. The van der Waals surface area contributed by atoms with Crippen molar-refractivity contribution in [2.75, 3.05) is 19.8 Å². The molecule has 0 saturated heterocycles. The van der Waals surface area contributed by atoms with Crippen LogP contribution in [0.1, 0.15) is 25.8 Å². The lowest BCUT2D eigenvalue weighted by Crippen LogP contribution is -2.40. The number of nitrogens with zero attached hydrogens (tertiary/aromatic N) is 1. The third-order valence-electron chi connectivity index (χ3n) is 3.00. The molecule has 0 fully saturated rings. The van der Waals surface area contributed by atoms with Gasteiger partial charge in [-0.25, -0.2) is 0 Å². The summed E-state index contributed by atoms with van der Waals surface area (Å²) >= 11 is 4.87. The van der Waals surface area contributed by atoms with Gasteiger partial charge in [0.1, 0.15) is 10.7 Å². The number of nitrogens with two attached hydrogens (primary N) is 1. The molecule has 1 rings (SSSR count). The minimum absolute atomic E-state index is 0.0317. The van der Waals surface area contributed by atoms with Crippen molar-refractivity contribution in [3.8, 4) is 5.75 Å². The second-order valence-electron chi connectivity index (χ2n) is 4.94. The first-order chi connectivity index (χ1) is 9.95. The molecular weight excluding hydrogens is 288 g/mol. The van der Waals surface area contributed by atoms with Crippen LogP contribution in [0.25, 0.3) is 0 Å². The van der Waals surface area contributed by atoms with Gasteiger partial charge in [-0.05, 0) is 44.5 Å². The number of carbonyl (C=O) groups is 1. The summed E-state index contributed by atoms with van der Waals surface area (Å²) in [5, 5.41) is 8.87. The average molecular weight is 310 g/mol. The number of carbonyl (C=O) groups excluding carboxylic acids is 1. The summed E-state index contributed by atoms with van der Waals surface area (Å²) in [6.45, 7) is 4.43. The Labute approximate surface area is 130 Å². The van der Waals surface area contributed by atoms with E-state index in [0.717, 1.165) is 5.56 Å². The molecule has 0 atom stereocenters. The standard InChI is InChI=1S/C15H22N2O3S/c1-11(2)17(8-3-9-18)14(19)10-20-13-6-4-12(5-7-13)15(16)21/h4-7,11,18H,3,8-10H2,1-2H3,(H2,16,21). The quantitative estimate of drug-likeness (QED) is 0.708. The molecule has 0 aliphatic heterocycles. The van der Waals surface area contributed by atoms with Crippen molar-refractivity contribution in [3.63, 3.8) is 0 Å². The molecule has 1 aromatic carbocycles. The van der Waals surface area contributed by atoms with E-state index in [1.54, 1.807) is 29.2 Å². The Hall–Kier alpha value is -1.66. The SMILES string of the molecule is CC(C)N(CCCO)C(=O)COc1ccc(C(N)=S)cc1. The highest BCUT2D eigenvalue weighted by molar-refractivity contribution is 7.80. The number of benzene rings is 1. The minimum atomic E-state index is -0.100. The average Bonchev–Trinajstić information content (AvgIpc) is 2.45. The number of aliphatic hydroxyl groups excluding tert-OH is 1. The number of hydrogen-bond donors (Lipinski definition) is 2. The molecule has 0 saturated carbocycles. The van der Waals surface area contributed by atoms with Crippen LogP contribution < -0.4 is 10.5 Å². The Kier molecular flexibility index (Phi) is 7.11. The second-order valence-corrected chi connectivity index (χ2v) is 5.38. The topological polar surface area (TPSA) is 75.8 Å². The van der Waals surface area contributed by atoms with Gasteiger partial charge in [0.05, 0.1) is 0 Å². The summed E-state index contributed by atoms with van der Waals surface area (Å²) in [6.07, 6.45) is 0.562. The number of hydrogen-bond acceptors (Lipinski definition) is 4. The zero-order chi connectivity index (χ0) is 15.8. The molecule has 1 amide bonds. The zero-order valence-corrected chi connectivity index (χ0v) is 13.2. The summed E-state index contributed by atoms with van der Waals surface area (Å²) in [5.74, 6) is 0.492. The Bertz CT molecular complexity index is 474. The molecular formula is C15H22N2O3S. The lowest BCUT2D eigenvalue weighted by molar-refractivity contribution is -0.135. The van der Waals surface area contributed by atoms with E-state index in [1.165, 1.54) is 0 Å². The van der Waals surface area contributed by atoms with E-state index < -0.39 is 0 Å². The number of rotatable bonds is 8. The molecule has 0 aromatic heterocycles. The van der Waals surface area contributed by atoms with Gasteiger partial charge >= 0.3 is 0 Å². The van der Waals surface area contributed by atoms with Crippen LogP contribution in [0.2, 0.25) is 0 Å². The summed E-state index contributed by atoms with van der Waals surface area (Å²) in [7, 11) is 0. The van der Waals surface area contributed by atoms with Crippen molar-refractivity contribution in [2.24, 2.45) is 5.73 Å². The Morgan fingerprint density at radius 3 is 2.48 bits per heavy atom. The van der Waals surface area contributed by atoms with Gasteiger partial charge in [-0.2, -0.15) is 0 Å². The highest BCUT2D eigenvalue weighted by Gasteiger charge is 2.16. The van der Waals surface area contributed by atoms with Gasteiger partial charge in [0.2, 0.25) is 0 Å². The maximum Gasteiger partial charge on any atom is 0.260 e. The van der Waals surface area contributed by atoms with Gasteiger partial charge in [0, 0.05) is 24.8 Å². The van der Waals surface area contributed by atoms with Gasteiger partial charge in [-0.3, -0.25) is 4.79 Å². The largest absolute Gasteiger partial charge is 0.484 e. The van der Waals surface area contributed by atoms with Crippen LogP contribution >= 0.6 is 12.2 Å². The normalized spacial score (nSPS) is 10.5. The van der Waals surface area contributed by atoms with Crippen LogP contribution in [-0.2, 0) is 4.79 Å². The molecule has 3 N–H and O–H groups in total. The smallest absolute Gasteiger partial charge is 0.260 e. The van der Waals surface area contributed by atoms with Crippen molar-refractivity contribution < 1.29 is 14.6 Å². The summed E-state index contributed by atoms with van der Waals surface area (Å²) in [6, 6.07) is 7.05. The maximum absolute atomic E-state index is 12.1. The van der Waals surface area contributed by atoms with Crippen LogP contribution in [0.3, 0.4) is 0 Å². The third kappa shape index (κ3) is 5.69. The monoisotopic (exact) mass is 310 g/mol. The van der Waals surface area contributed by atoms with Crippen LogP contribution in [0.5, 0.6) is 5.75 Å². The van der Waals surface area contributed by atoms with Crippen LogP contribution in [0.15, 0.2) is 24.3 Å². The van der Waals surface area contributed by atoms with E-state index in [1.807, 2.05) is 13.8 Å². The fourth-order valence-electron chi connectivity index (χ4n) is 1.86. The van der Waals surface area contributed by atoms with Crippen molar-refractivity contribution in [1.82, 2.24) is 4.90 Å². The van der Waals surface area contributed by atoms with Crippen molar-refractivity contribution in [2.45, 2.75) is 26.3 Å². The van der Waals surface area contributed by atoms with Gasteiger partial charge in [-0.1, -0.05) is 12.2 Å². The van der Waals surface area contributed by atoms with Crippen LogP contribution in [0.4, 0.5) is 0 Å². The maximum atomic E-state index is 12.1. The van der Waals surface area contributed by atoms with Crippen molar-refractivity contribution in [3.05, 3.63) is 29.8 Å². The van der Waals surface area contributed by atoms with E-state index in [4.69, 9.17) is 27.8 Å². The number of amides is 1. The van der Waals surface area contributed by atoms with Gasteiger partial charge in [0.15, 0.2) is 6.61 Å². The molecule has 6 heteroatoms. The highest BCUT2D eigenvalue weighted by Crippen LogP contribution is 2.12. The Morgan fingerprint density at radius 2 is 2.00 bits per heavy atom. The predicted octanol–water partition coefficient (Wildman–Crippen LogP) is 1.32. The van der Waals surface area contributed by atoms with E-state index in [9.17, 15) is 4.79 Å². The summed E-state index contributed by atoms with van der Waals surface area (Å²) < 4.78 is 5.48. The first kappa shape index (κ1) is 17.4. The molecule has 21 heavy (non-hydrogen) atoms. The van der Waals surface area contributed by atoms with Crippen molar-refractivity contribution >= 4 is 23.1 Å². The van der Waals surface area contributed by atoms with E-state index in [-0.39, 0.29) is 25.2 Å². The summed E-state index contributed by atoms with van der Waals surface area (Å²) in [5.41, 5.74) is 6.27. The Morgan fingerprint density at radius 1 is 1.38 bits per heavy atom. The minimum Gasteiger partial charge on any atom is -0.484 e. The number of thiocarbonyl (C=S) groups is 1. The molecule has 0 radical (unpaired) electrons. The fraction of sp³-hybridized carbons (Fsp3) is 0.467. The van der Waals surface area contributed by atoms with Gasteiger partial charge in [0.25, 0.3) is 5.91 Å². The highest BCUT2D eigenvalue weighted by atomic mass is 32.1. The van der Waals surface area contributed by atoms with Crippen LogP contribution in [0, 0.1) is 0 Å². The zero-order valence-electron chi connectivity index (χ0n) is 12.4. The lowest BCUT2D eigenvalue weighted by atomic mass is 10.2. The van der Waals surface area contributed by atoms with Gasteiger partial charge < -0.3 is 20.5 Å². The Balaban J connectivity index is 2.55. The first-order valence-corrected chi connectivity index (χ1v) is 7.29. The van der Waals surface area contributed by atoms with Crippen molar-refractivity contribution in [1.29, 1.82) is 0 Å². The second kappa shape index (κ2) is 8.59. The van der Waals surface area contributed by atoms with Gasteiger partial charge in [-0.15, -0.1) is 0 Å². The third-order valence-corrected chi connectivity index (χ3v) is 3.24. The molecule has 116 valence electrons. The van der Waals surface area contributed by atoms with E-state index in [2.05, 4.69) is 0 Å². The first-order valence-electron chi connectivity index (χ1n) is 6.88. The molecule has 0 heterocycles. The van der Waals surface area contributed by atoms with E-state index >= 15 is 0 Å². The molecule has 1 aromatic rings. The number of ether oxygens (including phenoxy) is 1.